The van der Waals surface area contributed by atoms with E-state index in [4.69, 9.17) is 0 Å². The highest BCUT2D eigenvalue weighted by Crippen LogP contribution is 2.36. The van der Waals surface area contributed by atoms with Gasteiger partial charge in [-0.1, -0.05) is 6.92 Å². The monoisotopic (exact) mass is 307 g/mol. The summed E-state index contributed by atoms with van der Waals surface area (Å²) >= 11 is 1.70. The number of rotatable bonds is 2. The van der Waals surface area contributed by atoms with E-state index in [9.17, 15) is 13.6 Å². The maximum atomic E-state index is 13.3. The number of amides is 1. The minimum atomic E-state index is -0.723. The van der Waals surface area contributed by atoms with Crippen LogP contribution in [-0.2, 0) is 6.42 Å². The Bertz CT molecular complexity index is 662. The molecule has 1 aromatic heterocycles. The molecule has 2 heterocycles. The van der Waals surface area contributed by atoms with E-state index < -0.39 is 11.6 Å². The summed E-state index contributed by atoms with van der Waals surface area (Å²) in [6.07, 6.45) is 1.58. The lowest BCUT2D eigenvalue weighted by Gasteiger charge is -2.35. The first kappa shape index (κ1) is 14.2. The molecule has 0 bridgehead atoms. The van der Waals surface area contributed by atoms with Crippen molar-refractivity contribution in [3.8, 4) is 0 Å². The molecule has 110 valence electrons. The molecule has 0 aliphatic carbocycles. The molecule has 3 rings (SSSR count). The maximum Gasteiger partial charge on any atom is 0.254 e. The third kappa shape index (κ3) is 2.58. The van der Waals surface area contributed by atoms with Gasteiger partial charge in [0.1, 0.15) is 11.6 Å². The Morgan fingerprint density at radius 1 is 1.33 bits per heavy atom. The van der Waals surface area contributed by atoms with Crippen LogP contribution in [0.2, 0.25) is 0 Å². The Hall–Kier alpha value is -1.75. The molecule has 1 aromatic carbocycles. The Morgan fingerprint density at radius 3 is 2.71 bits per heavy atom. The van der Waals surface area contributed by atoms with Crippen molar-refractivity contribution < 1.29 is 13.6 Å². The van der Waals surface area contributed by atoms with Gasteiger partial charge in [0.2, 0.25) is 0 Å². The van der Waals surface area contributed by atoms with Gasteiger partial charge in [-0.25, -0.2) is 8.78 Å². The van der Waals surface area contributed by atoms with E-state index >= 15 is 0 Å². The summed E-state index contributed by atoms with van der Waals surface area (Å²) in [6, 6.07) is 5.00. The van der Waals surface area contributed by atoms with Gasteiger partial charge in [-0.05, 0) is 42.0 Å². The summed E-state index contributed by atoms with van der Waals surface area (Å²) in [5.41, 5.74) is 1.24. The zero-order chi connectivity index (χ0) is 15.0. The van der Waals surface area contributed by atoms with E-state index in [-0.39, 0.29) is 17.5 Å². The quantitative estimate of drug-likeness (QED) is 0.815. The van der Waals surface area contributed by atoms with Gasteiger partial charge in [0.15, 0.2) is 0 Å². The second kappa shape index (κ2) is 5.56. The average molecular weight is 307 g/mol. The number of carbonyl (C=O) groups excluding carboxylic acids is 1. The van der Waals surface area contributed by atoms with Crippen molar-refractivity contribution >= 4 is 17.2 Å². The number of hydrogen-bond acceptors (Lipinski definition) is 2. The van der Waals surface area contributed by atoms with Crippen LogP contribution in [-0.4, -0.2) is 17.4 Å². The SMILES string of the molecule is CCC1c2ccsc2CCN1C(=O)c1cc(F)cc(F)c1. The minimum absolute atomic E-state index is 0.0150. The summed E-state index contributed by atoms with van der Waals surface area (Å²) in [6.45, 7) is 2.60. The summed E-state index contributed by atoms with van der Waals surface area (Å²) in [5, 5.41) is 2.03. The van der Waals surface area contributed by atoms with Crippen LogP contribution >= 0.6 is 11.3 Å². The van der Waals surface area contributed by atoms with Crippen LogP contribution in [0.15, 0.2) is 29.6 Å². The first-order chi connectivity index (χ1) is 10.1. The molecule has 21 heavy (non-hydrogen) atoms. The van der Waals surface area contributed by atoms with Crippen LogP contribution in [0.1, 0.15) is 40.2 Å². The molecule has 0 radical (unpaired) electrons. The van der Waals surface area contributed by atoms with Gasteiger partial charge in [-0.15, -0.1) is 11.3 Å². The molecule has 2 nitrogen and oxygen atoms in total. The number of hydrogen-bond donors (Lipinski definition) is 0. The predicted molar refractivity (Wildman–Crippen MR) is 78.4 cm³/mol. The first-order valence-corrected chi connectivity index (χ1v) is 7.81. The lowest BCUT2D eigenvalue weighted by atomic mass is 9.97. The van der Waals surface area contributed by atoms with Crippen LogP contribution in [0, 0.1) is 11.6 Å². The molecule has 0 saturated heterocycles. The second-order valence-corrected chi connectivity index (χ2v) is 6.13. The molecule has 0 saturated carbocycles. The number of fused-ring (bicyclic) bond motifs is 1. The van der Waals surface area contributed by atoms with Gasteiger partial charge in [0.05, 0.1) is 6.04 Å². The van der Waals surface area contributed by atoms with Crippen LogP contribution < -0.4 is 0 Å². The van der Waals surface area contributed by atoms with Crippen LogP contribution in [0.5, 0.6) is 0 Å². The van der Waals surface area contributed by atoms with Crippen LogP contribution in [0.25, 0.3) is 0 Å². The average Bonchev–Trinajstić information content (AvgIpc) is 2.92. The molecule has 5 heteroatoms. The smallest absolute Gasteiger partial charge is 0.254 e. The first-order valence-electron chi connectivity index (χ1n) is 6.93. The number of nitrogens with zero attached hydrogens (tertiary/aromatic N) is 1. The molecule has 1 amide bonds. The van der Waals surface area contributed by atoms with Crippen LogP contribution in [0.4, 0.5) is 8.78 Å². The van der Waals surface area contributed by atoms with E-state index in [1.54, 1.807) is 16.2 Å². The third-order valence-electron chi connectivity index (χ3n) is 3.85. The Kier molecular flexibility index (Phi) is 3.76. The Labute approximate surface area is 126 Å². The number of halogens is 2. The second-order valence-electron chi connectivity index (χ2n) is 5.13. The van der Waals surface area contributed by atoms with Crippen molar-refractivity contribution in [1.29, 1.82) is 0 Å². The predicted octanol–water partition coefficient (Wildman–Crippen LogP) is 4.18. The molecule has 0 fully saturated rings. The summed E-state index contributed by atoms with van der Waals surface area (Å²) in [7, 11) is 0. The van der Waals surface area contributed by atoms with Crippen molar-refractivity contribution in [2.24, 2.45) is 0 Å². The largest absolute Gasteiger partial charge is 0.331 e. The van der Waals surface area contributed by atoms with Gasteiger partial charge in [0.25, 0.3) is 5.91 Å². The molecule has 1 aliphatic heterocycles. The normalized spacial score (nSPS) is 17.7. The van der Waals surface area contributed by atoms with Gasteiger partial charge in [-0.3, -0.25) is 4.79 Å². The van der Waals surface area contributed by atoms with E-state index in [1.165, 1.54) is 10.4 Å². The van der Waals surface area contributed by atoms with E-state index in [0.717, 1.165) is 31.0 Å². The number of carbonyl (C=O) groups is 1. The van der Waals surface area contributed by atoms with Crippen LogP contribution in [0.3, 0.4) is 0 Å². The van der Waals surface area contributed by atoms with Gasteiger partial charge < -0.3 is 4.90 Å². The topological polar surface area (TPSA) is 20.3 Å². The zero-order valence-electron chi connectivity index (χ0n) is 11.6. The fraction of sp³-hybridized carbons (Fsp3) is 0.312. The molecule has 0 spiro atoms. The van der Waals surface area contributed by atoms with Crippen molar-refractivity contribution in [3.63, 3.8) is 0 Å². The van der Waals surface area contributed by atoms with Gasteiger partial charge >= 0.3 is 0 Å². The maximum absolute atomic E-state index is 13.3. The fourth-order valence-corrected chi connectivity index (χ4v) is 3.85. The van der Waals surface area contributed by atoms with E-state index in [2.05, 4.69) is 0 Å². The fourth-order valence-electron chi connectivity index (χ4n) is 2.92. The van der Waals surface area contributed by atoms with E-state index in [0.29, 0.717) is 6.54 Å². The van der Waals surface area contributed by atoms with Gasteiger partial charge in [-0.2, -0.15) is 0 Å². The highest BCUT2D eigenvalue weighted by molar-refractivity contribution is 7.10. The Balaban J connectivity index is 1.94. The van der Waals surface area contributed by atoms with Crippen molar-refractivity contribution in [2.75, 3.05) is 6.54 Å². The molecular weight excluding hydrogens is 292 g/mol. The summed E-state index contributed by atoms with van der Waals surface area (Å²) in [4.78, 5) is 15.6. The lowest BCUT2D eigenvalue weighted by Crippen LogP contribution is -2.39. The molecule has 1 aliphatic rings. The molecule has 1 atom stereocenters. The van der Waals surface area contributed by atoms with E-state index in [1.807, 2.05) is 18.4 Å². The van der Waals surface area contributed by atoms with Crippen molar-refractivity contribution in [1.82, 2.24) is 4.90 Å². The summed E-state index contributed by atoms with van der Waals surface area (Å²) in [5.74, 6) is -1.75. The summed E-state index contributed by atoms with van der Waals surface area (Å²) < 4.78 is 26.6. The molecule has 1 unspecified atom stereocenters. The molecule has 0 N–H and O–H groups in total. The number of thiophene rings is 1. The Morgan fingerprint density at radius 2 is 2.05 bits per heavy atom. The highest BCUT2D eigenvalue weighted by Gasteiger charge is 2.31. The van der Waals surface area contributed by atoms with Gasteiger partial charge in [0, 0.05) is 23.1 Å². The molecular formula is C16H15F2NOS. The van der Waals surface area contributed by atoms with Crippen molar-refractivity contribution in [2.45, 2.75) is 25.8 Å². The lowest BCUT2D eigenvalue weighted by molar-refractivity contribution is 0.0656. The highest BCUT2D eigenvalue weighted by atomic mass is 32.1. The molecule has 2 aromatic rings. The van der Waals surface area contributed by atoms with Crippen molar-refractivity contribution in [3.05, 3.63) is 57.3 Å². The minimum Gasteiger partial charge on any atom is -0.331 e. The third-order valence-corrected chi connectivity index (χ3v) is 4.85. The standard InChI is InChI=1S/C16H15F2NOS/c1-2-14-13-4-6-21-15(13)3-5-19(14)16(20)10-7-11(17)9-12(18)8-10/h4,6-9,14H,2-3,5H2,1H3. The number of benzene rings is 1. The zero-order valence-corrected chi connectivity index (χ0v) is 12.4.